The predicted molar refractivity (Wildman–Crippen MR) is 64.6 cm³/mol. The average Bonchev–Trinajstić information content (AvgIpc) is 2.32. The van der Waals surface area contributed by atoms with Crippen LogP contribution in [0, 0.1) is 5.82 Å². The SMILES string of the molecule is CC(=O)Nc1ccc(C2=NNC(=O)CC2)cc1F. The number of hydrogen-bond acceptors (Lipinski definition) is 3. The first-order chi connectivity index (χ1) is 8.56. The summed E-state index contributed by atoms with van der Waals surface area (Å²) >= 11 is 0. The normalized spacial score (nSPS) is 14.8. The van der Waals surface area contributed by atoms with Gasteiger partial charge in [0.25, 0.3) is 0 Å². The van der Waals surface area contributed by atoms with Gasteiger partial charge in [-0.15, -0.1) is 0 Å². The van der Waals surface area contributed by atoms with E-state index in [4.69, 9.17) is 0 Å². The van der Waals surface area contributed by atoms with Crippen LogP contribution in [0.3, 0.4) is 0 Å². The van der Waals surface area contributed by atoms with E-state index < -0.39 is 5.82 Å². The molecule has 0 fully saturated rings. The second-order valence-electron chi connectivity index (χ2n) is 3.97. The molecule has 0 aromatic heterocycles. The molecule has 94 valence electrons. The van der Waals surface area contributed by atoms with Gasteiger partial charge in [0, 0.05) is 25.3 Å². The molecule has 1 aliphatic rings. The summed E-state index contributed by atoms with van der Waals surface area (Å²) in [7, 11) is 0. The summed E-state index contributed by atoms with van der Waals surface area (Å²) in [4.78, 5) is 21.8. The first kappa shape index (κ1) is 12.2. The Morgan fingerprint density at radius 3 is 2.78 bits per heavy atom. The number of hydrogen-bond donors (Lipinski definition) is 2. The van der Waals surface area contributed by atoms with Crippen molar-refractivity contribution in [3.63, 3.8) is 0 Å². The topological polar surface area (TPSA) is 70.6 Å². The third-order valence-electron chi connectivity index (χ3n) is 2.52. The molecule has 1 aliphatic heterocycles. The van der Waals surface area contributed by atoms with Gasteiger partial charge in [0.05, 0.1) is 11.4 Å². The molecule has 1 aromatic carbocycles. The zero-order valence-electron chi connectivity index (χ0n) is 9.79. The summed E-state index contributed by atoms with van der Waals surface area (Å²) in [6.45, 7) is 1.31. The number of carbonyl (C=O) groups excluding carboxylic acids is 2. The van der Waals surface area contributed by atoms with E-state index >= 15 is 0 Å². The summed E-state index contributed by atoms with van der Waals surface area (Å²) in [5.41, 5.74) is 3.71. The fourth-order valence-electron chi connectivity index (χ4n) is 1.67. The van der Waals surface area contributed by atoms with Gasteiger partial charge in [-0.2, -0.15) is 5.10 Å². The number of hydrazone groups is 1. The molecule has 0 bridgehead atoms. The Balaban J connectivity index is 2.23. The lowest BCUT2D eigenvalue weighted by Gasteiger charge is -2.13. The van der Waals surface area contributed by atoms with Gasteiger partial charge in [0.1, 0.15) is 5.82 Å². The molecule has 0 saturated carbocycles. The molecule has 18 heavy (non-hydrogen) atoms. The van der Waals surface area contributed by atoms with Gasteiger partial charge in [0.2, 0.25) is 11.8 Å². The maximum atomic E-state index is 13.7. The Kier molecular flexibility index (Phi) is 3.36. The molecule has 6 heteroatoms. The van der Waals surface area contributed by atoms with Crippen LogP contribution in [0.25, 0.3) is 0 Å². The lowest BCUT2D eigenvalue weighted by molar-refractivity contribution is -0.121. The van der Waals surface area contributed by atoms with Crippen molar-refractivity contribution in [2.75, 3.05) is 5.32 Å². The Bertz CT molecular complexity index is 540. The van der Waals surface area contributed by atoms with Crippen LogP contribution in [0.1, 0.15) is 25.3 Å². The number of anilines is 1. The van der Waals surface area contributed by atoms with Crippen molar-refractivity contribution in [3.8, 4) is 0 Å². The smallest absolute Gasteiger partial charge is 0.240 e. The second-order valence-corrected chi connectivity index (χ2v) is 3.97. The van der Waals surface area contributed by atoms with Gasteiger partial charge in [-0.3, -0.25) is 9.59 Å². The number of nitrogens with one attached hydrogen (secondary N) is 2. The number of benzene rings is 1. The maximum Gasteiger partial charge on any atom is 0.240 e. The van der Waals surface area contributed by atoms with E-state index in [1.807, 2.05) is 0 Å². The lowest BCUT2D eigenvalue weighted by atomic mass is 10.0. The lowest BCUT2D eigenvalue weighted by Crippen LogP contribution is -2.26. The third-order valence-corrected chi connectivity index (χ3v) is 2.52. The maximum absolute atomic E-state index is 13.7. The highest BCUT2D eigenvalue weighted by Crippen LogP contribution is 2.18. The molecule has 1 aromatic rings. The molecule has 2 N–H and O–H groups in total. The molecule has 2 amide bonds. The molecule has 0 saturated heterocycles. The van der Waals surface area contributed by atoms with Crippen molar-refractivity contribution in [3.05, 3.63) is 29.6 Å². The summed E-state index contributed by atoms with van der Waals surface area (Å²) in [5.74, 6) is -1.000. The quantitative estimate of drug-likeness (QED) is 0.831. The van der Waals surface area contributed by atoms with E-state index in [2.05, 4.69) is 15.8 Å². The minimum atomic E-state index is -0.526. The number of carbonyl (C=O) groups is 2. The van der Waals surface area contributed by atoms with E-state index in [1.165, 1.54) is 19.1 Å². The molecular weight excluding hydrogens is 237 g/mol. The molecule has 0 spiro atoms. The molecule has 0 atom stereocenters. The fourth-order valence-corrected chi connectivity index (χ4v) is 1.67. The molecule has 0 aliphatic carbocycles. The van der Waals surface area contributed by atoms with Crippen LogP contribution < -0.4 is 10.7 Å². The van der Waals surface area contributed by atoms with Crippen molar-refractivity contribution < 1.29 is 14.0 Å². The van der Waals surface area contributed by atoms with Crippen LogP contribution in [-0.2, 0) is 9.59 Å². The zero-order chi connectivity index (χ0) is 13.1. The standard InChI is InChI=1S/C12H12FN3O2/c1-7(17)14-11-3-2-8(6-9(11)13)10-4-5-12(18)16-15-10/h2-3,6H,4-5H2,1H3,(H,14,17)(H,16,18). The van der Waals surface area contributed by atoms with E-state index in [9.17, 15) is 14.0 Å². The summed E-state index contributed by atoms with van der Waals surface area (Å²) < 4.78 is 13.7. The van der Waals surface area contributed by atoms with Crippen molar-refractivity contribution >= 4 is 23.2 Å². The first-order valence-corrected chi connectivity index (χ1v) is 5.49. The predicted octanol–water partition coefficient (Wildman–Crippen LogP) is 1.40. The van der Waals surface area contributed by atoms with Crippen LogP contribution in [0.4, 0.5) is 10.1 Å². The zero-order valence-corrected chi connectivity index (χ0v) is 9.79. The van der Waals surface area contributed by atoms with Gasteiger partial charge >= 0.3 is 0 Å². The van der Waals surface area contributed by atoms with E-state index in [1.54, 1.807) is 6.07 Å². The minimum absolute atomic E-state index is 0.131. The van der Waals surface area contributed by atoms with E-state index in [0.29, 0.717) is 24.1 Å². The summed E-state index contributed by atoms with van der Waals surface area (Å²) in [5, 5.41) is 6.26. The van der Waals surface area contributed by atoms with Crippen molar-refractivity contribution in [1.82, 2.24) is 5.43 Å². The second kappa shape index (κ2) is 4.95. The molecule has 1 heterocycles. The summed E-state index contributed by atoms with van der Waals surface area (Å²) in [6, 6.07) is 4.43. The van der Waals surface area contributed by atoms with Gasteiger partial charge in [0.15, 0.2) is 0 Å². The van der Waals surface area contributed by atoms with Crippen LogP contribution in [0.5, 0.6) is 0 Å². The largest absolute Gasteiger partial charge is 0.324 e. The highest BCUT2D eigenvalue weighted by molar-refractivity contribution is 6.04. The van der Waals surface area contributed by atoms with Crippen LogP contribution in [0.15, 0.2) is 23.3 Å². The van der Waals surface area contributed by atoms with Crippen molar-refractivity contribution in [2.45, 2.75) is 19.8 Å². The highest BCUT2D eigenvalue weighted by Gasteiger charge is 2.14. The van der Waals surface area contributed by atoms with Crippen molar-refractivity contribution in [1.29, 1.82) is 0 Å². The van der Waals surface area contributed by atoms with Gasteiger partial charge in [-0.1, -0.05) is 6.07 Å². The van der Waals surface area contributed by atoms with E-state index in [0.717, 1.165) is 0 Å². The highest BCUT2D eigenvalue weighted by atomic mass is 19.1. The fraction of sp³-hybridized carbons (Fsp3) is 0.250. The number of nitrogens with zero attached hydrogens (tertiary/aromatic N) is 1. The number of amides is 2. The number of halogens is 1. The van der Waals surface area contributed by atoms with E-state index in [-0.39, 0.29) is 17.5 Å². The Morgan fingerprint density at radius 1 is 1.44 bits per heavy atom. The van der Waals surface area contributed by atoms with Crippen LogP contribution >= 0.6 is 0 Å². The Labute approximate surface area is 103 Å². The Hall–Kier alpha value is -2.24. The van der Waals surface area contributed by atoms with Crippen LogP contribution in [-0.4, -0.2) is 17.5 Å². The summed E-state index contributed by atoms with van der Waals surface area (Å²) in [6.07, 6.45) is 0.818. The molecule has 5 nitrogen and oxygen atoms in total. The molecule has 0 radical (unpaired) electrons. The van der Waals surface area contributed by atoms with Gasteiger partial charge in [-0.25, -0.2) is 9.82 Å². The Morgan fingerprint density at radius 2 is 2.22 bits per heavy atom. The molecule has 0 unspecified atom stereocenters. The minimum Gasteiger partial charge on any atom is -0.324 e. The monoisotopic (exact) mass is 249 g/mol. The molecular formula is C12H12FN3O2. The third kappa shape index (κ3) is 2.71. The van der Waals surface area contributed by atoms with Gasteiger partial charge in [-0.05, 0) is 12.1 Å². The van der Waals surface area contributed by atoms with Crippen LogP contribution in [0.2, 0.25) is 0 Å². The number of rotatable bonds is 2. The molecule has 2 rings (SSSR count). The average molecular weight is 249 g/mol. The van der Waals surface area contributed by atoms with Gasteiger partial charge < -0.3 is 5.32 Å². The first-order valence-electron chi connectivity index (χ1n) is 5.49. The van der Waals surface area contributed by atoms with Crippen molar-refractivity contribution in [2.24, 2.45) is 5.10 Å².